The van der Waals surface area contributed by atoms with E-state index in [1.807, 2.05) is 11.4 Å². The van der Waals surface area contributed by atoms with Crippen LogP contribution < -0.4 is 0 Å². The minimum Gasteiger partial charge on any atom is -0.291 e. The Hall–Kier alpha value is -0.686. The van der Waals surface area contributed by atoms with E-state index in [1.165, 1.54) is 11.1 Å². The molecular formula is C24H46O2Si2. The van der Waals surface area contributed by atoms with Gasteiger partial charge in [0, 0.05) is 0 Å². The van der Waals surface area contributed by atoms with Crippen molar-refractivity contribution in [1.82, 2.24) is 0 Å². The summed E-state index contributed by atoms with van der Waals surface area (Å²) in [5, 5.41) is 0. The molecule has 0 spiro atoms. The third kappa shape index (κ3) is 9.21. The van der Waals surface area contributed by atoms with Gasteiger partial charge in [-0.2, -0.15) is 0 Å². The molecule has 0 fully saturated rings. The predicted molar refractivity (Wildman–Crippen MR) is 131 cm³/mol. The minimum atomic E-state index is -1.83. The van der Waals surface area contributed by atoms with Gasteiger partial charge in [0.05, 0.1) is 0 Å². The highest BCUT2D eigenvalue weighted by Gasteiger charge is 2.31. The zero-order valence-electron chi connectivity index (χ0n) is 20.7. The number of hydrogen-bond acceptors (Lipinski definition) is 2. The van der Waals surface area contributed by atoms with E-state index in [4.69, 9.17) is 9.15 Å². The van der Waals surface area contributed by atoms with Crippen LogP contribution in [-0.2, 0) is 9.15 Å². The summed E-state index contributed by atoms with van der Waals surface area (Å²) in [7, 11) is -3.66. The summed E-state index contributed by atoms with van der Waals surface area (Å²) in [6, 6.07) is 0. The van der Waals surface area contributed by atoms with E-state index in [0.717, 1.165) is 0 Å². The summed E-state index contributed by atoms with van der Waals surface area (Å²) >= 11 is 0. The van der Waals surface area contributed by atoms with Gasteiger partial charge in [-0.05, 0) is 21.7 Å². The molecule has 28 heavy (non-hydrogen) atoms. The number of rotatable bonds is 7. The van der Waals surface area contributed by atoms with E-state index in [-0.39, 0.29) is 21.7 Å². The lowest BCUT2D eigenvalue weighted by molar-refractivity contribution is -0.104. The van der Waals surface area contributed by atoms with Crippen molar-refractivity contribution in [2.75, 3.05) is 0 Å². The molecule has 0 aromatic carbocycles. The van der Waals surface area contributed by atoms with Gasteiger partial charge in [0.25, 0.3) is 18.1 Å². The lowest BCUT2D eigenvalue weighted by Gasteiger charge is -2.35. The molecule has 162 valence electrons. The molecule has 0 heterocycles. The van der Waals surface area contributed by atoms with Crippen molar-refractivity contribution in [3.8, 4) is 0 Å². The van der Waals surface area contributed by atoms with Crippen molar-refractivity contribution in [2.45, 2.75) is 83.1 Å². The van der Waals surface area contributed by atoms with Crippen LogP contribution in [0, 0.1) is 21.7 Å². The first-order valence-corrected chi connectivity index (χ1v) is 14.0. The topological polar surface area (TPSA) is 18.5 Å². The van der Waals surface area contributed by atoms with Gasteiger partial charge in [-0.25, -0.2) is 0 Å². The summed E-state index contributed by atoms with van der Waals surface area (Å²) < 4.78 is 12.0. The smallest absolute Gasteiger partial charge is 0.269 e. The van der Waals surface area contributed by atoms with Gasteiger partial charge in [-0.15, -0.1) is 13.2 Å². The second-order valence-corrected chi connectivity index (χ2v) is 15.6. The van der Waals surface area contributed by atoms with Crippen LogP contribution in [0.1, 0.15) is 83.1 Å². The van der Waals surface area contributed by atoms with E-state index < -0.39 is 18.1 Å². The van der Waals surface area contributed by atoms with Crippen molar-refractivity contribution < 1.29 is 9.15 Å². The summed E-state index contributed by atoms with van der Waals surface area (Å²) in [5.41, 5.74) is 11.5. The fourth-order valence-electron chi connectivity index (χ4n) is 3.98. The Morgan fingerprint density at radius 3 is 0.893 bits per heavy atom. The zero-order valence-corrected chi connectivity index (χ0v) is 23.0. The molecule has 0 aromatic heterocycles. The second-order valence-electron chi connectivity index (χ2n) is 11.8. The molecule has 0 N–H and O–H groups in total. The van der Waals surface area contributed by atoms with E-state index in [2.05, 4.69) is 108 Å². The largest absolute Gasteiger partial charge is 0.291 e. The Labute approximate surface area is 179 Å². The fourth-order valence-corrected chi connectivity index (χ4v) is 8.20. The Balaban J connectivity index is 5.65. The van der Waals surface area contributed by atoms with Gasteiger partial charge >= 0.3 is 0 Å². The normalized spacial score (nSPS) is 15.4. The van der Waals surface area contributed by atoms with Crippen LogP contribution in [0.3, 0.4) is 0 Å². The van der Waals surface area contributed by atoms with Crippen LogP contribution in [0.15, 0.2) is 47.1 Å². The maximum atomic E-state index is 5.98. The van der Waals surface area contributed by atoms with E-state index in [1.54, 1.807) is 0 Å². The molecule has 2 unspecified atom stereocenters. The highest BCUT2D eigenvalue weighted by molar-refractivity contribution is 6.65. The molecule has 0 radical (unpaired) electrons. The predicted octanol–water partition coefficient (Wildman–Crippen LogP) is 6.95. The molecule has 0 saturated carbocycles. The van der Waals surface area contributed by atoms with Crippen LogP contribution >= 0.6 is 0 Å². The van der Waals surface area contributed by atoms with E-state index in [0.29, 0.717) is 0 Å². The molecule has 0 amide bonds. The molecule has 0 rings (SSSR count). The summed E-state index contributed by atoms with van der Waals surface area (Å²) in [5.74, 6) is 0. The van der Waals surface area contributed by atoms with Gasteiger partial charge in [-0.1, -0.05) is 117 Å². The standard InChI is InChI=1S/C24H46O2Si2/c1-15-27(17-19(21(3,4)5)22(6,7)8)25-26-28(16-2)18-20(23(9,10)11)24(12,13)14/h15-18,27-28H,1-2H2,3-14H3. The molecule has 2 atom stereocenters. The monoisotopic (exact) mass is 422 g/mol. The van der Waals surface area contributed by atoms with Crippen molar-refractivity contribution in [3.63, 3.8) is 0 Å². The average Bonchev–Trinajstić information content (AvgIpc) is 2.44. The lowest BCUT2D eigenvalue weighted by Crippen LogP contribution is -2.29. The third-order valence-electron chi connectivity index (χ3n) is 4.64. The Bertz CT molecular complexity index is 502. The number of allylic oxidation sites excluding steroid dienone is 2. The zero-order chi connectivity index (χ0) is 22.6. The highest BCUT2D eigenvalue weighted by Crippen LogP contribution is 2.40. The molecular weight excluding hydrogens is 376 g/mol. The van der Waals surface area contributed by atoms with Crippen LogP contribution in [0.25, 0.3) is 0 Å². The van der Waals surface area contributed by atoms with Gasteiger partial charge in [-0.3, -0.25) is 9.15 Å². The Morgan fingerprint density at radius 1 is 0.536 bits per heavy atom. The lowest BCUT2D eigenvalue weighted by atomic mass is 9.73. The average molecular weight is 423 g/mol. The van der Waals surface area contributed by atoms with Crippen LogP contribution in [0.5, 0.6) is 0 Å². The minimum absolute atomic E-state index is 0.0800. The molecule has 0 aliphatic rings. The molecule has 0 aliphatic carbocycles. The molecule has 0 bridgehead atoms. The first kappa shape index (κ1) is 27.3. The van der Waals surface area contributed by atoms with E-state index in [9.17, 15) is 0 Å². The molecule has 2 nitrogen and oxygen atoms in total. The van der Waals surface area contributed by atoms with Crippen LogP contribution in [0.4, 0.5) is 0 Å². The molecule has 0 saturated heterocycles. The van der Waals surface area contributed by atoms with Crippen LogP contribution in [0.2, 0.25) is 0 Å². The Morgan fingerprint density at radius 2 is 0.750 bits per heavy atom. The SMILES string of the molecule is C=C[SiH](C=C(C(C)(C)C)C(C)(C)C)OO[SiH](C=C)C=C(C(C)(C)C)C(C)(C)C. The fraction of sp³-hybridized carbons (Fsp3) is 0.667. The quantitative estimate of drug-likeness (QED) is 0.251. The highest BCUT2D eigenvalue weighted by atomic mass is 28.3. The van der Waals surface area contributed by atoms with Gasteiger partial charge in [0.15, 0.2) is 0 Å². The summed E-state index contributed by atoms with van der Waals surface area (Å²) in [6.45, 7) is 35.0. The van der Waals surface area contributed by atoms with Crippen molar-refractivity contribution in [1.29, 1.82) is 0 Å². The first-order valence-electron chi connectivity index (χ1n) is 10.4. The summed E-state index contributed by atoms with van der Waals surface area (Å²) in [4.78, 5) is 0. The maximum absolute atomic E-state index is 5.98. The molecule has 0 aromatic rings. The summed E-state index contributed by atoms with van der Waals surface area (Å²) in [6.07, 6.45) is 0. The third-order valence-corrected chi connectivity index (χ3v) is 7.78. The van der Waals surface area contributed by atoms with Gasteiger partial charge in [0.1, 0.15) is 0 Å². The second kappa shape index (κ2) is 9.88. The van der Waals surface area contributed by atoms with Gasteiger partial charge < -0.3 is 0 Å². The van der Waals surface area contributed by atoms with Crippen molar-refractivity contribution in [2.24, 2.45) is 21.7 Å². The van der Waals surface area contributed by atoms with Crippen molar-refractivity contribution in [3.05, 3.63) is 47.1 Å². The number of hydrogen-bond donors (Lipinski definition) is 0. The maximum Gasteiger partial charge on any atom is 0.269 e. The Kier molecular flexibility index (Phi) is 9.64. The molecule has 0 aliphatic heterocycles. The first-order chi connectivity index (χ1) is 12.3. The van der Waals surface area contributed by atoms with Gasteiger partial charge in [0.2, 0.25) is 0 Å². The van der Waals surface area contributed by atoms with Crippen LogP contribution in [-0.4, -0.2) is 18.1 Å². The van der Waals surface area contributed by atoms with E-state index >= 15 is 0 Å². The van der Waals surface area contributed by atoms with Crippen molar-refractivity contribution >= 4 is 18.1 Å². The molecule has 4 heteroatoms.